The van der Waals surface area contributed by atoms with Crippen molar-refractivity contribution in [3.63, 3.8) is 0 Å². The maximum atomic E-state index is 8.50. The Bertz CT molecular complexity index is 159. The third-order valence-electron chi connectivity index (χ3n) is 1.01. The number of terminal acetylenes is 1. The van der Waals surface area contributed by atoms with E-state index in [-0.39, 0.29) is 6.04 Å². The lowest BCUT2D eigenvalue weighted by Crippen LogP contribution is -2.33. The van der Waals surface area contributed by atoms with E-state index >= 15 is 0 Å². The van der Waals surface area contributed by atoms with Gasteiger partial charge in [-0.1, -0.05) is 0 Å². The van der Waals surface area contributed by atoms with Crippen LogP contribution >= 0.6 is 0 Å². The number of nitriles is 1. The fourth-order valence-electron chi connectivity index (χ4n) is 0.662. The van der Waals surface area contributed by atoms with E-state index in [9.17, 15) is 0 Å². The summed E-state index contributed by atoms with van der Waals surface area (Å²) in [6.07, 6.45) is 5.52. The lowest BCUT2D eigenvalue weighted by atomic mass is 10.2. The molecule has 2 nitrogen and oxygen atoms in total. The quantitative estimate of drug-likeness (QED) is 0.585. The smallest absolute Gasteiger partial charge is 0.106 e. The summed E-state index contributed by atoms with van der Waals surface area (Å²) in [6.45, 7) is 3.97. The summed E-state index contributed by atoms with van der Waals surface area (Å²) < 4.78 is 0. The van der Waals surface area contributed by atoms with E-state index < -0.39 is 0 Å². The second kappa shape index (κ2) is 4.85. The number of nitrogens with one attached hydrogen (secondary N) is 1. The molecule has 0 aromatic heterocycles. The van der Waals surface area contributed by atoms with Gasteiger partial charge in [0.2, 0.25) is 0 Å². The van der Waals surface area contributed by atoms with Gasteiger partial charge in [-0.2, -0.15) is 5.26 Å². The fraction of sp³-hybridized carbons (Fsp3) is 0.625. The summed E-state index contributed by atoms with van der Waals surface area (Å²) in [5.41, 5.74) is 0. The van der Waals surface area contributed by atoms with Crippen molar-refractivity contribution in [2.45, 2.75) is 32.4 Å². The molecule has 0 aromatic rings. The second-order valence-corrected chi connectivity index (χ2v) is 2.41. The first-order chi connectivity index (χ1) is 4.70. The molecule has 0 radical (unpaired) electrons. The van der Waals surface area contributed by atoms with Gasteiger partial charge in [0.25, 0.3) is 0 Å². The SMILES string of the molecule is C#CCC(C#N)NC(C)C. The van der Waals surface area contributed by atoms with Gasteiger partial charge in [-0.05, 0) is 13.8 Å². The molecule has 10 heavy (non-hydrogen) atoms. The maximum absolute atomic E-state index is 8.50. The highest BCUT2D eigenvalue weighted by molar-refractivity contribution is 5.00. The molecule has 2 heteroatoms. The van der Waals surface area contributed by atoms with E-state index in [0.29, 0.717) is 12.5 Å². The first-order valence-electron chi connectivity index (χ1n) is 3.29. The Labute approximate surface area is 62.2 Å². The van der Waals surface area contributed by atoms with Crippen molar-refractivity contribution in [3.8, 4) is 18.4 Å². The lowest BCUT2D eigenvalue weighted by molar-refractivity contribution is 0.537. The fourth-order valence-corrected chi connectivity index (χ4v) is 0.662. The Morgan fingerprint density at radius 1 is 1.60 bits per heavy atom. The van der Waals surface area contributed by atoms with Crippen LogP contribution in [0.15, 0.2) is 0 Å². The highest BCUT2D eigenvalue weighted by atomic mass is 14.9. The molecule has 0 rings (SSSR count). The zero-order valence-electron chi connectivity index (χ0n) is 6.39. The molecule has 0 heterocycles. The monoisotopic (exact) mass is 136 g/mol. The molecule has 0 aliphatic heterocycles. The van der Waals surface area contributed by atoms with Gasteiger partial charge in [-0.25, -0.2) is 0 Å². The van der Waals surface area contributed by atoms with Crippen molar-refractivity contribution in [3.05, 3.63) is 0 Å². The molecule has 0 saturated heterocycles. The van der Waals surface area contributed by atoms with Gasteiger partial charge in [0, 0.05) is 12.5 Å². The van der Waals surface area contributed by atoms with E-state index in [1.807, 2.05) is 13.8 Å². The Hall–Kier alpha value is -0.990. The molecule has 0 saturated carbocycles. The molecule has 1 unspecified atom stereocenters. The number of hydrogen-bond donors (Lipinski definition) is 1. The van der Waals surface area contributed by atoms with E-state index in [1.165, 1.54) is 0 Å². The Morgan fingerprint density at radius 2 is 2.20 bits per heavy atom. The third kappa shape index (κ3) is 3.95. The Kier molecular flexibility index (Phi) is 4.37. The van der Waals surface area contributed by atoms with Crippen LogP contribution in [0, 0.1) is 23.7 Å². The van der Waals surface area contributed by atoms with Crippen LogP contribution in [0.4, 0.5) is 0 Å². The molecule has 0 bridgehead atoms. The van der Waals surface area contributed by atoms with Crippen molar-refractivity contribution in [2.75, 3.05) is 0 Å². The molecular weight excluding hydrogens is 124 g/mol. The largest absolute Gasteiger partial charge is 0.299 e. The minimum absolute atomic E-state index is 0.190. The van der Waals surface area contributed by atoms with Crippen molar-refractivity contribution in [2.24, 2.45) is 0 Å². The van der Waals surface area contributed by atoms with Crippen LogP contribution in [0.2, 0.25) is 0 Å². The van der Waals surface area contributed by atoms with Crippen LogP contribution in [-0.4, -0.2) is 12.1 Å². The van der Waals surface area contributed by atoms with Gasteiger partial charge in [-0.3, -0.25) is 5.32 Å². The highest BCUT2D eigenvalue weighted by Crippen LogP contribution is 1.89. The summed E-state index contributed by atoms with van der Waals surface area (Å²) in [7, 11) is 0. The van der Waals surface area contributed by atoms with Gasteiger partial charge >= 0.3 is 0 Å². The molecule has 0 aromatic carbocycles. The van der Waals surface area contributed by atoms with Crippen LogP contribution in [0.3, 0.4) is 0 Å². The average molecular weight is 136 g/mol. The van der Waals surface area contributed by atoms with Crippen molar-refractivity contribution in [1.82, 2.24) is 5.32 Å². The number of nitrogens with zero attached hydrogens (tertiary/aromatic N) is 1. The third-order valence-corrected chi connectivity index (χ3v) is 1.01. The summed E-state index contributed by atoms with van der Waals surface area (Å²) in [5.74, 6) is 2.44. The first kappa shape index (κ1) is 9.01. The Balaban J connectivity index is 3.66. The summed E-state index contributed by atoms with van der Waals surface area (Å²) in [6, 6.07) is 2.21. The van der Waals surface area contributed by atoms with E-state index in [1.54, 1.807) is 0 Å². The normalized spacial score (nSPS) is 12.1. The van der Waals surface area contributed by atoms with Gasteiger partial charge in [0.15, 0.2) is 0 Å². The summed E-state index contributed by atoms with van der Waals surface area (Å²) in [4.78, 5) is 0. The molecule has 0 aliphatic carbocycles. The van der Waals surface area contributed by atoms with Crippen LogP contribution in [0.25, 0.3) is 0 Å². The topological polar surface area (TPSA) is 35.8 Å². The van der Waals surface area contributed by atoms with Gasteiger partial charge in [-0.15, -0.1) is 12.3 Å². The van der Waals surface area contributed by atoms with E-state index in [2.05, 4.69) is 17.3 Å². The highest BCUT2D eigenvalue weighted by Gasteiger charge is 2.04. The Morgan fingerprint density at radius 3 is 2.50 bits per heavy atom. The molecule has 0 amide bonds. The molecule has 0 spiro atoms. The molecule has 1 atom stereocenters. The van der Waals surface area contributed by atoms with Crippen molar-refractivity contribution < 1.29 is 0 Å². The minimum Gasteiger partial charge on any atom is -0.299 e. The predicted molar refractivity (Wildman–Crippen MR) is 41.1 cm³/mol. The molecule has 0 aliphatic rings. The van der Waals surface area contributed by atoms with Crippen LogP contribution in [0.1, 0.15) is 20.3 Å². The molecular formula is C8H12N2. The molecule has 0 fully saturated rings. The lowest BCUT2D eigenvalue weighted by Gasteiger charge is -2.10. The molecule has 54 valence electrons. The van der Waals surface area contributed by atoms with Crippen molar-refractivity contribution >= 4 is 0 Å². The standard InChI is InChI=1S/C8H12N2/c1-4-5-8(6-9)10-7(2)3/h1,7-8,10H,5H2,2-3H3. The number of hydrogen-bond acceptors (Lipinski definition) is 2. The summed E-state index contributed by atoms with van der Waals surface area (Å²) >= 11 is 0. The number of rotatable bonds is 3. The average Bonchev–Trinajstić information content (AvgIpc) is 1.86. The van der Waals surface area contributed by atoms with Crippen molar-refractivity contribution in [1.29, 1.82) is 5.26 Å². The van der Waals surface area contributed by atoms with Crippen LogP contribution in [-0.2, 0) is 0 Å². The van der Waals surface area contributed by atoms with Crippen LogP contribution in [0.5, 0.6) is 0 Å². The molecule has 1 N–H and O–H groups in total. The minimum atomic E-state index is -0.190. The van der Waals surface area contributed by atoms with Crippen LogP contribution < -0.4 is 5.32 Å². The zero-order chi connectivity index (χ0) is 7.98. The second-order valence-electron chi connectivity index (χ2n) is 2.41. The first-order valence-corrected chi connectivity index (χ1v) is 3.29. The van der Waals surface area contributed by atoms with Gasteiger partial charge in [0.1, 0.15) is 6.04 Å². The van der Waals surface area contributed by atoms with E-state index in [0.717, 1.165) is 0 Å². The summed E-state index contributed by atoms with van der Waals surface area (Å²) in [5, 5.41) is 11.5. The van der Waals surface area contributed by atoms with Gasteiger partial charge in [0.05, 0.1) is 6.07 Å². The zero-order valence-corrected chi connectivity index (χ0v) is 6.39. The predicted octanol–water partition coefficient (Wildman–Crippen LogP) is 0.900. The van der Waals surface area contributed by atoms with Gasteiger partial charge < -0.3 is 0 Å². The van der Waals surface area contributed by atoms with E-state index in [4.69, 9.17) is 11.7 Å². The maximum Gasteiger partial charge on any atom is 0.106 e.